The number of nitrogens with one attached hydrogen (secondary N) is 3. The smallest absolute Gasteiger partial charge is 0.245 e. The van der Waals surface area contributed by atoms with Gasteiger partial charge in [0.05, 0.1) is 6.54 Å². The first-order chi connectivity index (χ1) is 18.8. The Morgan fingerprint density at radius 3 is 2.10 bits per heavy atom. The number of hydrogen-bond donors (Lipinski definition) is 3. The van der Waals surface area contributed by atoms with Crippen molar-refractivity contribution in [1.29, 1.82) is 0 Å². The van der Waals surface area contributed by atoms with Crippen LogP contribution in [0.4, 0.5) is 0 Å². The van der Waals surface area contributed by atoms with Crippen molar-refractivity contribution in [2.24, 2.45) is 0 Å². The van der Waals surface area contributed by atoms with E-state index in [1.54, 1.807) is 11.8 Å². The third-order valence-corrected chi connectivity index (χ3v) is 8.47. The second-order valence-corrected chi connectivity index (χ2v) is 12.2. The minimum absolute atomic E-state index is 0.0903. The number of hydrogen-bond acceptors (Lipinski definition) is 6. The number of unbranched alkanes of at least 4 members (excludes halogenated alkanes) is 10. The third kappa shape index (κ3) is 12.7. The van der Waals surface area contributed by atoms with E-state index < -0.39 is 24.0 Å². The first-order valence-corrected chi connectivity index (χ1v) is 16.1. The molecule has 0 aromatic carbocycles. The Morgan fingerprint density at radius 2 is 1.44 bits per heavy atom. The molecule has 222 valence electrons. The summed E-state index contributed by atoms with van der Waals surface area (Å²) in [5, 5.41) is 8.46. The highest BCUT2D eigenvalue weighted by molar-refractivity contribution is 8.13. The van der Waals surface area contributed by atoms with E-state index in [2.05, 4.69) is 22.9 Å². The lowest BCUT2D eigenvalue weighted by atomic mass is 10.0. The summed E-state index contributed by atoms with van der Waals surface area (Å²) >= 11 is 1.29. The van der Waals surface area contributed by atoms with Gasteiger partial charge in [0, 0.05) is 19.2 Å². The lowest BCUT2D eigenvalue weighted by molar-refractivity contribution is -0.143. The summed E-state index contributed by atoms with van der Waals surface area (Å²) in [6.45, 7) is 4.00. The zero-order chi connectivity index (χ0) is 28.5. The van der Waals surface area contributed by atoms with Gasteiger partial charge in [-0.15, -0.1) is 0 Å². The molecular weight excluding hydrogens is 516 g/mol. The minimum atomic E-state index is -0.736. The Morgan fingerprint density at radius 1 is 0.821 bits per heavy atom. The highest BCUT2D eigenvalue weighted by atomic mass is 32.2. The highest BCUT2D eigenvalue weighted by Gasteiger charge is 2.39. The first kappa shape index (κ1) is 33.1. The van der Waals surface area contributed by atoms with E-state index in [-0.39, 0.29) is 29.4 Å². The molecule has 0 bridgehead atoms. The quantitative estimate of drug-likeness (QED) is 0.244. The molecule has 0 radical (unpaired) electrons. The van der Waals surface area contributed by atoms with Crippen LogP contribution >= 0.6 is 11.8 Å². The van der Waals surface area contributed by atoms with Gasteiger partial charge < -0.3 is 20.9 Å². The summed E-state index contributed by atoms with van der Waals surface area (Å²) in [7, 11) is 0. The lowest BCUT2D eigenvalue weighted by Crippen LogP contribution is -2.58. The molecule has 2 aliphatic rings. The average molecular weight is 567 g/mol. The van der Waals surface area contributed by atoms with Crippen molar-refractivity contribution in [2.45, 2.75) is 135 Å². The molecule has 0 aromatic rings. The fourth-order valence-corrected chi connectivity index (χ4v) is 5.97. The number of carbonyl (C=O) groups excluding carboxylic acids is 5. The molecule has 0 saturated carbocycles. The van der Waals surface area contributed by atoms with E-state index in [1.807, 2.05) is 0 Å². The van der Waals surface area contributed by atoms with Gasteiger partial charge >= 0.3 is 0 Å². The second-order valence-electron chi connectivity index (χ2n) is 10.9. The number of rotatable bonds is 16. The SMILES string of the molecule is CCCCCCCCCCC[C@@H]1NC(=O)[C@H]2CCCN2C(=O)[C@H](CCCCCSC(C)=O)NC(=O)CNC1=O. The van der Waals surface area contributed by atoms with Crippen molar-refractivity contribution in [2.75, 3.05) is 18.8 Å². The van der Waals surface area contributed by atoms with Crippen molar-refractivity contribution < 1.29 is 24.0 Å². The Balaban J connectivity index is 1.92. The van der Waals surface area contributed by atoms with Crippen molar-refractivity contribution >= 4 is 40.5 Å². The van der Waals surface area contributed by atoms with Gasteiger partial charge in [0.25, 0.3) is 0 Å². The van der Waals surface area contributed by atoms with Crippen LogP contribution in [0, 0.1) is 0 Å². The summed E-state index contributed by atoms with van der Waals surface area (Å²) < 4.78 is 0. The van der Waals surface area contributed by atoms with Crippen LogP contribution in [-0.2, 0) is 24.0 Å². The summed E-state index contributed by atoms with van der Waals surface area (Å²) in [4.78, 5) is 65.0. The fraction of sp³-hybridized carbons (Fsp3) is 0.828. The molecule has 0 aliphatic carbocycles. The topological polar surface area (TPSA) is 125 Å². The predicted molar refractivity (Wildman–Crippen MR) is 155 cm³/mol. The Hall–Kier alpha value is -2.10. The zero-order valence-electron chi connectivity index (χ0n) is 24.1. The molecule has 2 saturated heterocycles. The van der Waals surface area contributed by atoms with Crippen LogP contribution in [0.15, 0.2) is 0 Å². The van der Waals surface area contributed by atoms with E-state index in [0.717, 1.165) is 37.9 Å². The Bertz CT molecular complexity index is 809. The van der Waals surface area contributed by atoms with Crippen LogP contribution in [0.2, 0.25) is 0 Å². The molecule has 3 atom stereocenters. The van der Waals surface area contributed by atoms with Crippen molar-refractivity contribution in [1.82, 2.24) is 20.9 Å². The molecule has 0 spiro atoms. The van der Waals surface area contributed by atoms with Crippen LogP contribution in [0.25, 0.3) is 0 Å². The van der Waals surface area contributed by atoms with Gasteiger partial charge in [-0.2, -0.15) is 0 Å². The fourth-order valence-electron chi connectivity index (χ4n) is 5.34. The van der Waals surface area contributed by atoms with Gasteiger partial charge in [-0.25, -0.2) is 0 Å². The van der Waals surface area contributed by atoms with Crippen molar-refractivity contribution in [3.05, 3.63) is 0 Å². The van der Waals surface area contributed by atoms with Crippen molar-refractivity contribution in [3.8, 4) is 0 Å². The number of amides is 4. The maximum Gasteiger partial charge on any atom is 0.245 e. The number of carbonyl (C=O) groups is 5. The Labute approximate surface area is 238 Å². The highest BCUT2D eigenvalue weighted by Crippen LogP contribution is 2.21. The molecular formula is C29H50N4O5S. The van der Waals surface area contributed by atoms with Crippen LogP contribution < -0.4 is 16.0 Å². The molecule has 9 nitrogen and oxygen atoms in total. The molecule has 0 aromatic heterocycles. The summed E-state index contributed by atoms with van der Waals surface area (Å²) in [6.07, 6.45) is 15.1. The monoisotopic (exact) mass is 566 g/mol. The van der Waals surface area contributed by atoms with E-state index in [4.69, 9.17) is 0 Å². The van der Waals surface area contributed by atoms with Gasteiger partial charge in [0.15, 0.2) is 5.12 Å². The van der Waals surface area contributed by atoms with Crippen LogP contribution in [0.1, 0.15) is 117 Å². The molecule has 2 aliphatic heterocycles. The normalized spacial score (nSPS) is 22.4. The standard InChI is InChI=1S/C29H50N4O5S/c1-3-4-5-6-7-8-9-10-12-16-23-27(36)30-21-26(35)31-24(17-13-11-14-20-39-22(2)34)29(38)33-19-15-18-25(33)28(37)32-23/h23-25H,3-21H2,1-2H3,(H,30,36)(H,31,35)(H,32,37)/t23-,24-,25+/m0/s1. The maximum atomic E-state index is 13.4. The molecule has 4 amide bonds. The van der Waals surface area contributed by atoms with Crippen molar-refractivity contribution in [3.63, 3.8) is 0 Å². The molecule has 2 rings (SSSR count). The summed E-state index contributed by atoms with van der Waals surface area (Å²) in [6, 6.07) is -2.07. The van der Waals surface area contributed by atoms with Gasteiger partial charge in [0.2, 0.25) is 23.6 Å². The van der Waals surface area contributed by atoms with E-state index in [0.29, 0.717) is 38.6 Å². The molecule has 2 fully saturated rings. The van der Waals surface area contributed by atoms with Gasteiger partial charge in [0.1, 0.15) is 18.1 Å². The minimum Gasteiger partial charge on any atom is -0.345 e. The van der Waals surface area contributed by atoms with Crippen LogP contribution in [0.3, 0.4) is 0 Å². The number of fused-ring (bicyclic) bond motifs is 1. The average Bonchev–Trinajstić information content (AvgIpc) is 3.40. The summed E-state index contributed by atoms with van der Waals surface area (Å²) in [5.41, 5.74) is 0. The number of thioether (sulfide) groups is 1. The Kier molecular flexibility index (Phi) is 16.2. The molecule has 0 unspecified atom stereocenters. The van der Waals surface area contributed by atoms with E-state index >= 15 is 0 Å². The third-order valence-electron chi connectivity index (χ3n) is 7.57. The van der Waals surface area contributed by atoms with Gasteiger partial charge in [-0.05, 0) is 32.1 Å². The number of nitrogens with zero attached hydrogens (tertiary/aromatic N) is 1. The van der Waals surface area contributed by atoms with Crippen LogP contribution in [-0.4, -0.2) is 70.6 Å². The molecule has 39 heavy (non-hydrogen) atoms. The lowest BCUT2D eigenvalue weighted by Gasteiger charge is -2.31. The molecule has 10 heteroatoms. The van der Waals surface area contributed by atoms with Gasteiger partial charge in [-0.3, -0.25) is 24.0 Å². The zero-order valence-corrected chi connectivity index (χ0v) is 24.9. The van der Waals surface area contributed by atoms with E-state index in [9.17, 15) is 24.0 Å². The molecule has 3 N–H and O–H groups in total. The predicted octanol–water partition coefficient (Wildman–Crippen LogP) is 3.84. The maximum absolute atomic E-state index is 13.4. The van der Waals surface area contributed by atoms with Gasteiger partial charge in [-0.1, -0.05) is 89.3 Å². The summed E-state index contributed by atoms with van der Waals surface area (Å²) in [5.74, 6) is -0.543. The molecule has 2 heterocycles. The van der Waals surface area contributed by atoms with E-state index in [1.165, 1.54) is 50.3 Å². The first-order valence-electron chi connectivity index (χ1n) is 15.1. The largest absolute Gasteiger partial charge is 0.345 e. The second kappa shape index (κ2) is 19.1. The van der Waals surface area contributed by atoms with Crippen LogP contribution in [0.5, 0.6) is 0 Å².